The predicted octanol–water partition coefficient (Wildman–Crippen LogP) is 0.239. The molecule has 0 spiro atoms. The highest BCUT2D eigenvalue weighted by molar-refractivity contribution is 5.90. The molecule has 138 valence electrons. The van der Waals surface area contributed by atoms with Gasteiger partial charge in [0.25, 0.3) is 5.56 Å². The molecule has 2 aliphatic heterocycles. The lowest BCUT2D eigenvalue weighted by atomic mass is 10.1. The first kappa shape index (κ1) is 15.8. The lowest BCUT2D eigenvalue weighted by Gasteiger charge is -2.27. The molecule has 5 rings (SSSR count). The average molecular weight is 369 g/mol. The van der Waals surface area contributed by atoms with Crippen LogP contribution in [0.3, 0.4) is 0 Å². The van der Waals surface area contributed by atoms with Gasteiger partial charge in [-0.2, -0.15) is 4.98 Å². The van der Waals surface area contributed by atoms with Crippen molar-refractivity contribution >= 4 is 17.0 Å². The molecule has 0 aliphatic carbocycles. The number of H-pyrrole nitrogens is 2. The van der Waals surface area contributed by atoms with E-state index in [0.29, 0.717) is 55.0 Å². The number of fused-ring (bicyclic) bond motifs is 2. The first-order valence-electron chi connectivity index (χ1n) is 8.46. The van der Waals surface area contributed by atoms with Gasteiger partial charge in [-0.15, -0.1) is 0 Å². The van der Waals surface area contributed by atoms with Gasteiger partial charge in [-0.25, -0.2) is 9.78 Å². The van der Waals surface area contributed by atoms with Crippen LogP contribution >= 0.6 is 0 Å². The van der Waals surface area contributed by atoms with Gasteiger partial charge >= 0.3 is 5.69 Å². The van der Waals surface area contributed by atoms with Crippen LogP contribution in [0.15, 0.2) is 27.8 Å². The van der Waals surface area contributed by atoms with Gasteiger partial charge in [0.1, 0.15) is 5.39 Å². The molecule has 10 heteroatoms. The smallest absolute Gasteiger partial charge is 0.327 e. The maximum absolute atomic E-state index is 12.5. The van der Waals surface area contributed by atoms with Crippen molar-refractivity contribution in [1.82, 2.24) is 19.9 Å². The van der Waals surface area contributed by atoms with Crippen LogP contribution in [-0.4, -0.2) is 53.0 Å². The first-order chi connectivity index (χ1) is 13.2. The van der Waals surface area contributed by atoms with E-state index in [1.165, 1.54) is 0 Å². The molecule has 27 heavy (non-hydrogen) atoms. The monoisotopic (exact) mass is 369 g/mol. The number of rotatable bonds is 2. The van der Waals surface area contributed by atoms with Gasteiger partial charge in [-0.3, -0.25) is 14.8 Å². The summed E-state index contributed by atoms with van der Waals surface area (Å²) in [5.74, 6) is 1.64. The van der Waals surface area contributed by atoms with Crippen LogP contribution in [0, 0.1) is 0 Å². The molecular formula is C17H15N5O5. The number of aromatic nitrogens is 4. The zero-order valence-corrected chi connectivity index (χ0v) is 14.2. The second-order valence-corrected chi connectivity index (χ2v) is 6.17. The summed E-state index contributed by atoms with van der Waals surface area (Å²) in [7, 11) is 0. The lowest BCUT2D eigenvalue weighted by molar-refractivity contribution is 0.122. The van der Waals surface area contributed by atoms with Gasteiger partial charge in [0.2, 0.25) is 12.7 Å². The molecule has 2 aromatic heterocycles. The molecule has 10 nitrogen and oxygen atoms in total. The number of aromatic amines is 2. The van der Waals surface area contributed by atoms with Crippen molar-refractivity contribution in [3.05, 3.63) is 39.0 Å². The standard InChI is InChI=1S/C17H15N5O5/c23-15-12-13(9-1-2-10-11(7-9)27-8-26-10)18-16(22-3-5-25-6-4-22)19-14(12)20-17(24)21-15/h1-2,7H,3-6,8H2,(H2,18,19,20,21,23,24). The number of morpholine rings is 1. The molecule has 0 unspecified atom stereocenters. The first-order valence-corrected chi connectivity index (χ1v) is 8.46. The van der Waals surface area contributed by atoms with E-state index >= 15 is 0 Å². The van der Waals surface area contributed by atoms with Crippen molar-refractivity contribution in [1.29, 1.82) is 0 Å². The minimum absolute atomic E-state index is 0.149. The lowest BCUT2D eigenvalue weighted by Crippen LogP contribution is -2.37. The Balaban J connectivity index is 1.76. The molecule has 0 radical (unpaired) electrons. The third kappa shape index (κ3) is 2.70. The quantitative estimate of drug-likeness (QED) is 0.659. The van der Waals surface area contributed by atoms with Gasteiger partial charge in [0.15, 0.2) is 17.1 Å². The van der Waals surface area contributed by atoms with E-state index in [0.717, 1.165) is 0 Å². The fraction of sp³-hybridized carbons (Fsp3) is 0.294. The highest BCUT2D eigenvalue weighted by Gasteiger charge is 2.21. The molecule has 1 saturated heterocycles. The summed E-state index contributed by atoms with van der Waals surface area (Å²) in [4.78, 5) is 40.1. The molecule has 3 aromatic rings. The maximum Gasteiger partial charge on any atom is 0.327 e. The highest BCUT2D eigenvalue weighted by Crippen LogP contribution is 2.36. The number of nitrogens with zero attached hydrogens (tertiary/aromatic N) is 3. The third-order valence-corrected chi connectivity index (χ3v) is 4.52. The molecule has 1 fully saturated rings. The fourth-order valence-electron chi connectivity index (χ4n) is 3.22. The Bertz CT molecular complexity index is 1150. The number of anilines is 1. The summed E-state index contributed by atoms with van der Waals surface area (Å²) < 4.78 is 16.1. The summed E-state index contributed by atoms with van der Waals surface area (Å²) in [6.45, 7) is 2.52. The highest BCUT2D eigenvalue weighted by atomic mass is 16.7. The Morgan fingerprint density at radius 3 is 2.67 bits per heavy atom. The van der Waals surface area contributed by atoms with Gasteiger partial charge in [-0.1, -0.05) is 0 Å². The summed E-state index contributed by atoms with van der Waals surface area (Å²) in [5.41, 5.74) is 0.106. The Hall–Kier alpha value is -3.40. The van der Waals surface area contributed by atoms with Crippen molar-refractivity contribution in [3.8, 4) is 22.8 Å². The van der Waals surface area contributed by atoms with Crippen LogP contribution in [0.4, 0.5) is 5.95 Å². The van der Waals surface area contributed by atoms with E-state index in [1.807, 2.05) is 4.90 Å². The van der Waals surface area contributed by atoms with E-state index in [2.05, 4.69) is 19.9 Å². The van der Waals surface area contributed by atoms with Gasteiger partial charge in [0, 0.05) is 18.7 Å². The van der Waals surface area contributed by atoms with E-state index in [4.69, 9.17) is 14.2 Å². The molecule has 0 amide bonds. The second kappa shape index (κ2) is 6.09. The van der Waals surface area contributed by atoms with Crippen LogP contribution in [0.2, 0.25) is 0 Å². The molecule has 2 N–H and O–H groups in total. The van der Waals surface area contributed by atoms with Crippen molar-refractivity contribution in [3.63, 3.8) is 0 Å². The number of hydrogen-bond acceptors (Lipinski definition) is 8. The van der Waals surface area contributed by atoms with Crippen LogP contribution in [0.25, 0.3) is 22.3 Å². The maximum atomic E-state index is 12.5. The van der Waals surface area contributed by atoms with E-state index in [9.17, 15) is 9.59 Å². The number of ether oxygens (including phenoxy) is 3. The van der Waals surface area contributed by atoms with Gasteiger partial charge in [-0.05, 0) is 18.2 Å². The van der Waals surface area contributed by atoms with E-state index in [1.54, 1.807) is 18.2 Å². The van der Waals surface area contributed by atoms with Crippen LogP contribution in [-0.2, 0) is 4.74 Å². The Kier molecular flexibility index (Phi) is 3.57. The molecule has 1 aromatic carbocycles. The Morgan fingerprint density at radius 1 is 1.00 bits per heavy atom. The minimum Gasteiger partial charge on any atom is -0.454 e. The average Bonchev–Trinajstić information content (AvgIpc) is 3.15. The normalized spacial score (nSPS) is 16.1. The summed E-state index contributed by atoms with van der Waals surface area (Å²) in [6, 6.07) is 5.32. The number of nitrogens with one attached hydrogen (secondary N) is 2. The Morgan fingerprint density at radius 2 is 1.81 bits per heavy atom. The molecule has 0 saturated carbocycles. The summed E-state index contributed by atoms with van der Waals surface area (Å²) >= 11 is 0. The predicted molar refractivity (Wildman–Crippen MR) is 95.4 cm³/mol. The minimum atomic E-state index is -0.615. The summed E-state index contributed by atoms with van der Waals surface area (Å²) in [6.07, 6.45) is 0. The fourth-order valence-corrected chi connectivity index (χ4v) is 3.22. The SMILES string of the molecule is O=c1[nH]c(=O)c2c(-c3ccc4c(c3)OCO4)nc(N3CCOCC3)nc2[nH]1. The Labute approximate surface area is 151 Å². The van der Waals surface area contributed by atoms with Crippen LogP contribution in [0.5, 0.6) is 11.5 Å². The van der Waals surface area contributed by atoms with Crippen LogP contribution in [0.1, 0.15) is 0 Å². The summed E-state index contributed by atoms with van der Waals surface area (Å²) in [5, 5.41) is 0.213. The molecule has 0 atom stereocenters. The van der Waals surface area contributed by atoms with Crippen molar-refractivity contribution < 1.29 is 14.2 Å². The number of benzene rings is 1. The molecule has 0 bridgehead atoms. The topological polar surface area (TPSA) is 122 Å². The number of hydrogen-bond donors (Lipinski definition) is 2. The zero-order valence-electron chi connectivity index (χ0n) is 14.2. The van der Waals surface area contributed by atoms with Crippen molar-refractivity contribution in [2.75, 3.05) is 38.0 Å². The van der Waals surface area contributed by atoms with E-state index < -0.39 is 11.2 Å². The zero-order chi connectivity index (χ0) is 18.4. The largest absolute Gasteiger partial charge is 0.454 e. The van der Waals surface area contributed by atoms with Crippen LogP contribution < -0.4 is 25.6 Å². The van der Waals surface area contributed by atoms with E-state index in [-0.39, 0.29) is 17.8 Å². The molecule has 2 aliphatic rings. The molecule has 4 heterocycles. The van der Waals surface area contributed by atoms with Crippen molar-refractivity contribution in [2.45, 2.75) is 0 Å². The van der Waals surface area contributed by atoms with Gasteiger partial charge in [0.05, 0.1) is 18.9 Å². The van der Waals surface area contributed by atoms with Gasteiger partial charge < -0.3 is 19.1 Å². The van der Waals surface area contributed by atoms with Crippen molar-refractivity contribution in [2.24, 2.45) is 0 Å². The molecular weight excluding hydrogens is 354 g/mol. The third-order valence-electron chi connectivity index (χ3n) is 4.52. The second-order valence-electron chi connectivity index (χ2n) is 6.17.